The fourth-order valence-electron chi connectivity index (χ4n) is 4.54. The molecule has 28 heavy (non-hydrogen) atoms. The second kappa shape index (κ2) is 8.27. The zero-order valence-electron chi connectivity index (χ0n) is 15.7. The summed E-state index contributed by atoms with van der Waals surface area (Å²) in [4.78, 5) is 14.8. The Bertz CT molecular complexity index is 796. The van der Waals surface area contributed by atoms with Crippen molar-refractivity contribution in [1.29, 1.82) is 0 Å². The minimum Gasteiger partial charge on any atom is -0.335 e. The molecule has 2 aromatic rings. The van der Waals surface area contributed by atoms with E-state index < -0.39 is 0 Å². The van der Waals surface area contributed by atoms with Crippen molar-refractivity contribution in [2.45, 2.75) is 56.8 Å². The number of fused-ring (bicyclic) bond motifs is 2. The minimum absolute atomic E-state index is 0.125. The van der Waals surface area contributed by atoms with Gasteiger partial charge in [0.25, 0.3) is 0 Å². The van der Waals surface area contributed by atoms with E-state index in [0.29, 0.717) is 17.8 Å². The minimum atomic E-state index is -0.327. The van der Waals surface area contributed by atoms with E-state index in [4.69, 9.17) is 0 Å². The number of anilines is 1. The fourth-order valence-corrected chi connectivity index (χ4v) is 4.54. The lowest BCUT2D eigenvalue weighted by Crippen LogP contribution is -2.56. The third kappa shape index (κ3) is 4.50. The van der Waals surface area contributed by atoms with E-state index in [9.17, 15) is 13.6 Å². The van der Waals surface area contributed by atoms with Crippen molar-refractivity contribution >= 4 is 11.7 Å². The first kappa shape index (κ1) is 18.9. The standard InChI is InChI=1S/C22H25F2N3O/c23-16-6-4-15(5-7-16)14-27-20-2-1-3-21(27)13-19(12-20)26-22(28)25-18-10-8-17(24)9-11-18/h4-11,19-21H,1-3,12-14H2,(H2,25,26,28)/t20-,21-/m0/s1. The molecule has 0 radical (unpaired) electrons. The maximum Gasteiger partial charge on any atom is 0.319 e. The van der Waals surface area contributed by atoms with Crippen molar-refractivity contribution in [3.05, 3.63) is 65.7 Å². The SMILES string of the molecule is O=C(Nc1ccc(F)cc1)NC1C[C@@H]2CCC[C@@H](C1)N2Cc1ccc(F)cc1. The topological polar surface area (TPSA) is 44.4 Å². The molecule has 2 amide bonds. The number of hydrogen-bond donors (Lipinski definition) is 2. The van der Waals surface area contributed by atoms with Crippen LogP contribution in [-0.4, -0.2) is 29.1 Å². The number of carbonyl (C=O) groups is 1. The first-order valence-electron chi connectivity index (χ1n) is 9.90. The Labute approximate surface area is 163 Å². The molecule has 2 saturated heterocycles. The van der Waals surface area contributed by atoms with Crippen LogP contribution in [0.15, 0.2) is 48.5 Å². The quantitative estimate of drug-likeness (QED) is 0.803. The number of benzene rings is 2. The molecule has 0 unspecified atom stereocenters. The van der Waals surface area contributed by atoms with Gasteiger partial charge < -0.3 is 10.6 Å². The molecular weight excluding hydrogens is 360 g/mol. The summed E-state index contributed by atoms with van der Waals surface area (Å²) >= 11 is 0. The molecule has 2 N–H and O–H groups in total. The predicted molar refractivity (Wildman–Crippen MR) is 105 cm³/mol. The van der Waals surface area contributed by atoms with Crippen molar-refractivity contribution in [3.8, 4) is 0 Å². The van der Waals surface area contributed by atoms with Crippen LogP contribution in [-0.2, 0) is 6.54 Å². The van der Waals surface area contributed by atoms with E-state index in [-0.39, 0.29) is 23.7 Å². The average molecular weight is 385 g/mol. The molecule has 0 aliphatic carbocycles. The zero-order chi connectivity index (χ0) is 19.5. The first-order valence-corrected chi connectivity index (χ1v) is 9.90. The van der Waals surface area contributed by atoms with Crippen molar-refractivity contribution in [2.24, 2.45) is 0 Å². The molecule has 4 rings (SSSR count). The van der Waals surface area contributed by atoms with Gasteiger partial charge in [0.2, 0.25) is 0 Å². The summed E-state index contributed by atoms with van der Waals surface area (Å²) in [5, 5.41) is 5.86. The smallest absolute Gasteiger partial charge is 0.319 e. The van der Waals surface area contributed by atoms with Gasteiger partial charge >= 0.3 is 6.03 Å². The van der Waals surface area contributed by atoms with Crippen LogP contribution in [0.4, 0.5) is 19.3 Å². The van der Waals surface area contributed by atoms with Crippen molar-refractivity contribution in [3.63, 3.8) is 0 Å². The molecule has 0 aromatic heterocycles. The third-order valence-corrected chi connectivity index (χ3v) is 5.84. The Morgan fingerprint density at radius 1 is 0.929 bits per heavy atom. The van der Waals surface area contributed by atoms with Gasteiger partial charge in [-0.1, -0.05) is 18.6 Å². The highest BCUT2D eigenvalue weighted by Gasteiger charge is 2.38. The second-order valence-corrected chi connectivity index (χ2v) is 7.81. The van der Waals surface area contributed by atoms with Gasteiger partial charge in [-0.15, -0.1) is 0 Å². The van der Waals surface area contributed by atoms with Gasteiger partial charge in [-0.3, -0.25) is 4.90 Å². The summed E-state index contributed by atoms with van der Waals surface area (Å²) in [6.07, 6.45) is 5.28. The van der Waals surface area contributed by atoms with Crippen LogP contribution in [0.2, 0.25) is 0 Å². The molecule has 2 aliphatic heterocycles. The fraction of sp³-hybridized carbons (Fsp3) is 0.409. The zero-order valence-corrected chi connectivity index (χ0v) is 15.7. The maximum atomic E-state index is 13.2. The number of amides is 2. The number of urea groups is 1. The molecule has 148 valence electrons. The molecule has 2 fully saturated rings. The highest BCUT2D eigenvalue weighted by Crippen LogP contribution is 2.35. The second-order valence-electron chi connectivity index (χ2n) is 7.81. The molecule has 2 atom stereocenters. The summed E-state index contributed by atoms with van der Waals surface area (Å²) < 4.78 is 26.2. The number of rotatable bonds is 4. The van der Waals surface area contributed by atoms with Gasteiger partial charge in [0.05, 0.1) is 0 Å². The number of piperidine rings is 2. The summed E-state index contributed by atoms with van der Waals surface area (Å²) in [5.74, 6) is -0.536. The van der Waals surface area contributed by atoms with Crippen molar-refractivity contribution < 1.29 is 13.6 Å². The monoisotopic (exact) mass is 385 g/mol. The number of nitrogens with one attached hydrogen (secondary N) is 2. The van der Waals surface area contributed by atoms with Gasteiger partial charge in [0.1, 0.15) is 11.6 Å². The molecular formula is C22H25F2N3O. The van der Waals surface area contributed by atoms with Gasteiger partial charge in [0, 0.05) is 30.4 Å². The lowest BCUT2D eigenvalue weighted by Gasteiger charge is -2.49. The van der Waals surface area contributed by atoms with E-state index >= 15 is 0 Å². The van der Waals surface area contributed by atoms with E-state index in [1.54, 1.807) is 12.1 Å². The Morgan fingerprint density at radius 3 is 2.11 bits per heavy atom. The van der Waals surface area contributed by atoms with Crippen LogP contribution in [0.3, 0.4) is 0 Å². The summed E-state index contributed by atoms with van der Waals surface area (Å²) in [7, 11) is 0. The molecule has 2 heterocycles. The maximum absolute atomic E-state index is 13.2. The van der Waals surface area contributed by atoms with Gasteiger partial charge in [-0.2, -0.15) is 0 Å². The Morgan fingerprint density at radius 2 is 1.50 bits per heavy atom. The number of nitrogens with zero attached hydrogens (tertiary/aromatic N) is 1. The first-order chi connectivity index (χ1) is 13.6. The number of carbonyl (C=O) groups excluding carboxylic acids is 1. The van der Waals surface area contributed by atoms with E-state index in [1.165, 1.54) is 30.7 Å². The Kier molecular flexibility index (Phi) is 5.57. The summed E-state index contributed by atoms with van der Waals surface area (Å²) in [5.41, 5.74) is 1.70. The molecule has 0 saturated carbocycles. The highest BCUT2D eigenvalue weighted by atomic mass is 19.1. The van der Waals surface area contributed by atoms with Crippen LogP contribution in [0, 0.1) is 11.6 Å². The van der Waals surface area contributed by atoms with Gasteiger partial charge in [0.15, 0.2) is 0 Å². The highest BCUT2D eigenvalue weighted by molar-refractivity contribution is 5.89. The van der Waals surface area contributed by atoms with E-state index in [1.807, 2.05) is 12.1 Å². The molecule has 2 aliphatic rings. The molecule has 4 nitrogen and oxygen atoms in total. The van der Waals surface area contributed by atoms with Crippen LogP contribution in [0.5, 0.6) is 0 Å². The Hall–Kier alpha value is -2.47. The third-order valence-electron chi connectivity index (χ3n) is 5.84. The van der Waals surface area contributed by atoms with Crippen LogP contribution in [0.1, 0.15) is 37.7 Å². The summed E-state index contributed by atoms with van der Waals surface area (Å²) in [6, 6.07) is 13.2. The van der Waals surface area contributed by atoms with Gasteiger partial charge in [-0.05, 0) is 67.6 Å². The lowest BCUT2D eigenvalue weighted by atomic mass is 9.81. The average Bonchev–Trinajstić information content (AvgIpc) is 2.66. The Balaban J connectivity index is 1.35. The number of halogens is 2. The largest absolute Gasteiger partial charge is 0.335 e. The predicted octanol–water partition coefficient (Wildman–Crippen LogP) is 4.67. The molecule has 6 heteroatoms. The van der Waals surface area contributed by atoms with Crippen LogP contribution in [0.25, 0.3) is 0 Å². The van der Waals surface area contributed by atoms with Crippen molar-refractivity contribution in [1.82, 2.24) is 10.2 Å². The van der Waals surface area contributed by atoms with Gasteiger partial charge in [-0.25, -0.2) is 13.6 Å². The molecule has 2 aromatic carbocycles. The van der Waals surface area contributed by atoms with Crippen LogP contribution < -0.4 is 10.6 Å². The van der Waals surface area contributed by atoms with E-state index in [2.05, 4.69) is 15.5 Å². The summed E-state index contributed by atoms with van der Waals surface area (Å²) in [6.45, 7) is 0.824. The lowest BCUT2D eigenvalue weighted by molar-refractivity contribution is 0.0200. The number of hydrogen-bond acceptors (Lipinski definition) is 2. The molecule has 0 spiro atoms. The normalized spacial score (nSPS) is 24.6. The van der Waals surface area contributed by atoms with Crippen LogP contribution >= 0.6 is 0 Å². The van der Waals surface area contributed by atoms with Crippen molar-refractivity contribution in [2.75, 3.05) is 5.32 Å². The van der Waals surface area contributed by atoms with E-state index in [0.717, 1.165) is 37.8 Å². The molecule has 2 bridgehead atoms.